The van der Waals surface area contributed by atoms with Crippen molar-refractivity contribution in [1.82, 2.24) is 10.2 Å². The Morgan fingerprint density at radius 3 is 2.40 bits per heavy atom. The number of hydrogen-bond acceptors (Lipinski definition) is 4. The number of likely N-dealkylation sites (N-methyl/N-ethyl adjacent to an activating group) is 1. The van der Waals surface area contributed by atoms with Crippen LogP contribution >= 0.6 is 0 Å². The van der Waals surface area contributed by atoms with E-state index in [0.717, 1.165) is 17.7 Å². The number of nitrogens with zero attached hydrogens (tertiary/aromatic N) is 2. The molecular weight excluding hydrogens is 378 g/mol. The van der Waals surface area contributed by atoms with Crippen molar-refractivity contribution in [2.24, 2.45) is 0 Å². The summed E-state index contributed by atoms with van der Waals surface area (Å²) in [5.41, 5.74) is 1.73. The standard InChI is InChI=1S/C24H31N3O3/c1-4-16-25-23(28)21-17-27(19-14-10-11-15-20(19)30-21)22(18-12-8-7-9-13-18)24(29)26(5-2)6-3/h7-15,21-22H,4-6,16-17H2,1-3H3,(H,25,28)/t21-,22-/m0/s1. The van der Waals surface area contributed by atoms with E-state index >= 15 is 0 Å². The molecule has 2 amide bonds. The van der Waals surface area contributed by atoms with E-state index in [9.17, 15) is 9.59 Å². The van der Waals surface area contributed by atoms with Crippen LogP contribution in [0.5, 0.6) is 5.75 Å². The van der Waals surface area contributed by atoms with E-state index < -0.39 is 12.1 Å². The monoisotopic (exact) mass is 409 g/mol. The van der Waals surface area contributed by atoms with E-state index in [1.807, 2.05) is 85.2 Å². The zero-order valence-electron chi connectivity index (χ0n) is 18.0. The number of rotatable bonds is 8. The molecule has 0 saturated heterocycles. The van der Waals surface area contributed by atoms with Gasteiger partial charge in [0.25, 0.3) is 5.91 Å². The molecular formula is C24H31N3O3. The molecule has 2 aromatic carbocycles. The summed E-state index contributed by atoms with van der Waals surface area (Å²) in [7, 11) is 0. The number of hydrogen-bond donors (Lipinski definition) is 1. The second-order valence-corrected chi connectivity index (χ2v) is 7.34. The highest BCUT2D eigenvalue weighted by atomic mass is 16.5. The minimum absolute atomic E-state index is 0.0237. The minimum Gasteiger partial charge on any atom is -0.477 e. The van der Waals surface area contributed by atoms with Crippen LogP contribution in [-0.2, 0) is 9.59 Å². The number of benzene rings is 2. The summed E-state index contributed by atoms with van der Waals surface area (Å²) in [6.45, 7) is 8.14. The molecule has 1 aliphatic rings. The lowest BCUT2D eigenvalue weighted by molar-refractivity contribution is -0.133. The van der Waals surface area contributed by atoms with E-state index in [1.54, 1.807) is 0 Å². The molecule has 0 fully saturated rings. The molecule has 0 aliphatic carbocycles. The highest BCUT2D eigenvalue weighted by molar-refractivity contribution is 5.89. The first kappa shape index (κ1) is 21.7. The fraction of sp³-hybridized carbons (Fsp3) is 0.417. The first-order valence-electron chi connectivity index (χ1n) is 10.7. The second-order valence-electron chi connectivity index (χ2n) is 7.34. The van der Waals surface area contributed by atoms with Crippen molar-refractivity contribution in [3.63, 3.8) is 0 Å². The van der Waals surface area contributed by atoms with Crippen LogP contribution in [0.15, 0.2) is 54.6 Å². The van der Waals surface area contributed by atoms with Crippen LogP contribution in [0.25, 0.3) is 0 Å². The van der Waals surface area contributed by atoms with Crippen molar-refractivity contribution in [2.75, 3.05) is 31.1 Å². The molecule has 0 saturated carbocycles. The molecule has 2 atom stereocenters. The van der Waals surface area contributed by atoms with Crippen molar-refractivity contribution in [3.8, 4) is 5.75 Å². The van der Waals surface area contributed by atoms with Crippen LogP contribution in [0.4, 0.5) is 5.69 Å². The molecule has 0 radical (unpaired) electrons. The minimum atomic E-state index is -0.679. The van der Waals surface area contributed by atoms with Gasteiger partial charge in [0.15, 0.2) is 6.10 Å². The lowest BCUT2D eigenvalue weighted by Gasteiger charge is -2.41. The van der Waals surface area contributed by atoms with E-state index in [-0.39, 0.29) is 11.8 Å². The van der Waals surface area contributed by atoms with E-state index in [0.29, 0.717) is 31.9 Å². The van der Waals surface area contributed by atoms with Crippen molar-refractivity contribution in [3.05, 3.63) is 60.2 Å². The maximum Gasteiger partial charge on any atom is 0.262 e. The van der Waals surface area contributed by atoms with Crippen LogP contribution in [0, 0.1) is 0 Å². The molecule has 160 valence electrons. The number of anilines is 1. The SMILES string of the molecule is CCCNC(=O)[C@@H]1CN([C@H](C(=O)N(CC)CC)c2ccccc2)c2ccccc2O1. The molecule has 3 rings (SSSR count). The quantitative estimate of drug-likeness (QED) is 0.726. The molecule has 1 aliphatic heterocycles. The van der Waals surface area contributed by atoms with Crippen LogP contribution in [-0.4, -0.2) is 49.0 Å². The van der Waals surface area contributed by atoms with E-state index in [2.05, 4.69) is 5.32 Å². The summed E-state index contributed by atoms with van der Waals surface area (Å²) in [5.74, 6) is 0.489. The smallest absolute Gasteiger partial charge is 0.262 e. The Morgan fingerprint density at radius 1 is 1.07 bits per heavy atom. The average Bonchev–Trinajstić information content (AvgIpc) is 2.79. The van der Waals surface area contributed by atoms with Gasteiger partial charge in [0.1, 0.15) is 11.8 Å². The van der Waals surface area contributed by atoms with Gasteiger partial charge >= 0.3 is 0 Å². The van der Waals surface area contributed by atoms with Gasteiger partial charge < -0.3 is 19.9 Å². The van der Waals surface area contributed by atoms with Crippen molar-refractivity contribution in [2.45, 2.75) is 39.3 Å². The second kappa shape index (κ2) is 10.1. The van der Waals surface area contributed by atoms with Crippen molar-refractivity contribution >= 4 is 17.5 Å². The van der Waals surface area contributed by atoms with Gasteiger partial charge in [0, 0.05) is 19.6 Å². The summed E-state index contributed by atoms with van der Waals surface area (Å²) >= 11 is 0. The topological polar surface area (TPSA) is 61.9 Å². The molecule has 0 bridgehead atoms. The predicted octanol–water partition coefficient (Wildman–Crippen LogP) is 3.39. The molecule has 2 aromatic rings. The summed E-state index contributed by atoms with van der Waals surface area (Å²) in [5, 5.41) is 2.92. The highest BCUT2D eigenvalue weighted by Crippen LogP contribution is 2.39. The molecule has 30 heavy (non-hydrogen) atoms. The molecule has 6 heteroatoms. The molecule has 1 N–H and O–H groups in total. The highest BCUT2D eigenvalue weighted by Gasteiger charge is 2.38. The van der Waals surface area contributed by atoms with Crippen LogP contribution in [0.3, 0.4) is 0 Å². The van der Waals surface area contributed by atoms with Crippen LogP contribution in [0.1, 0.15) is 38.8 Å². The number of carbonyl (C=O) groups excluding carboxylic acids is 2. The number of ether oxygens (including phenoxy) is 1. The number of amides is 2. The van der Waals surface area contributed by atoms with Gasteiger partial charge in [-0.15, -0.1) is 0 Å². The fourth-order valence-corrected chi connectivity index (χ4v) is 3.80. The molecule has 0 aromatic heterocycles. The largest absolute Gasteiger partial charge is 0.477 e. The first-order valence-corrected chi connectivity index (χ1v) is 10.7. The molecule has 0 unspecified atom stereocenters. The van der Waals surface area contributed by atoms with Crippen LogP contribution in [0.2, 0.25) is 0 Å². The Bertz CT molecular complexity index is 852. The lowest BCUT2D eigenvalue weighted by Crippen LogP contribution is -2.53. The zero-order chi connectivity index (χ0) is 21.5. The first-order chi connectivity index (χ1) is 14.6. The Balaban J connectivity index is 2.04. The number of nitrogens with one attached hydrogen (secondary N) is 1. The van der Waals surface area contributed by atoms with Gasteiger partial charge in [-0.2, -0.15) is 0 Å². The normalized spacial score (nSPS) is 16.2. The Morgan fingerprint density at radius 2 is 1.73 bits per heavy atom. The van der Waals surface area contributed by atoms with E-state index in [4.69, 9.17) is 4.74 Å². The van der Waals surface area contributed by atoms with Gasteiger partial charge in [0.2, 0.25) is 5.91 Å². The maximum absolute atomic E-state index is 13.6. The van der Waals surface area contributed by atoms with Gasteiger partial charge in [-0.3, -0.25) is 9.59 Å². The Hall–Kier alpha value is -3.02. The summed E-state index contributed by atoms with van der Waals surface area (Å²) < 4.78 is 6.02. The van der Waals surface area contributed by atoms with Gasteiger partial charge in [-0.1, -0.05) is 49.4 Å². The van der Waals surface area contributed by atoms with Gasteiger partial charge in [-0.05, 0) is 38.0 Å². The summed E-state index contributed by atoms with van der Waals surface area (Å²) in [6, 6.07) is 16.8. The third kappa shape index (κ3) is 4.58. The maximum atomic E-state index is 13.6. The molecule has 0 spiro atoms. The third-order valence-corrected chi connectivity index (χ3v) is 5.38. The zero-order valence-corrected chi connectivity index (χ0v) is 18.0. The van der Waals surface area contributed by atoms with E-state index in [1.165, 1.54) is 0 Å². The Labute approximate surface area is 178 Å². The fourth-order valence-electron chi connectivity index (χ4n) is 3.80. The number of para-hydroxylation sites is 2. The van der Waals surface area contributed by atoms with Crippen molar-refractivity contribution < 1.29 is 14.3 Å². The summed E-state index contributed by atoms with van der Waals surface area (Å²) in [4.78, 5) is 30.2. The number of carbonyl (C=O) groups is 2. The Kier molecular flexibility index (Phi) is 7.33. The van der Waals surface area contributed by atoms with Gasteiger partial charge in [0.05, 0.1) is 12.2 Å². The molecule has 1 heterocycles. The van der Waals surface area contributed by atoms with Crippen molar-refractivity contribution in [1.29, 1.82) is 0 Å². The third-order valence-electron chi connectivity index (χ3n) is 5.38. The molecule has 6 nitrogen and oxygen atoms in total. The van der Waals surface area contributed by atoms with Crippen LogP contribution < -0.4 is 15.0 Å². The average molecular weight is 410 g/mol. The lowest BCUT2D eigenvalue weighted by atomic mass is 10.0. The van der Waals surface area contributed by atoms with Gasteiger partial charge in [-0.25, -0.2) is 0 Å². The summed E-state index contributed by atoms with van der Waals surface area (Å²) in [6.07, 6.45) is 0.174. The number of fused-ring (bicyclic) bond motifs is 1. The predicted molar refractivity (Wildman–Crippen MR) is 119 cm³/mol.